The molecule has 3 aromatic carbocycles. The Bertz CT molecular complexity index is 1570. The van der Waals surface area contributed by atoms with E-state index in [-0.39, 0.29) is 11.8 Å². The van der Waals surface area contributed by atoms with Crippen LogP contribution in [0.1, 0.15) is 31.8 Å². The number of hydrogen-bond acceptors (Lipinski definition) is 4. The van der Waals surface area contributed by atoms with Gasteiger partial charge in [-0.25, -0.2) is 4.98 Å². The van der Waals surface area contributed by atoms with Crippen molar-refractivity contribution in [2.24, 2.45) is 0 Å². The fourth-order valence-electron chi connectivity index (χ4n) is 4.69. The SMILES string of the molecule is Cc1ccc(-c2n[nH]c3ncc4c(c23)C(=O)N(CCc2ccccc2)C4=O)c2ccccc12. The third-order valence-corrected chi connectivity index (χ3v) is 6.39. The number of fused-ring (bicyclic) bond motifs is 4. The van der Waals surface area contributed by atoms with Crippen LogP contribution in [-0.2, 0) is 6.42 Å². The highest BCUT2D eigenvalue weighted by Crippen LogP contribution is 2.37. The van der Waals surface area contributed by atoms with Crippen LogP contribution in [0.4, 0.5) is 0 Å². The van der Waals surface area contributed by atoms with E-state index in [1.165, 1.54) is 11.1 Å². The van der Waals surface area contributed by atoms with Crippen LogP contribution < -0.4 is 0 Å². The summed E-state index contributed by atoms with van der Waals surface area (Å²) in [6, 6.07) is 22.0. The van der Waals surface area contributed by atoms with Crippen molar-refractivity contribution < 1.29 is 9.59 Å². The average molecular weight is 432 g/mol. The summed E-state index contributed by atoms with van der Waals surface area (Å²) in [5, 5.41) is 10.3. The van der Waals surface area contributed by atoms with Gasteiger partial charge in [-0.05, 0) is 35.2 Å². The Morgan fingerprint density at radius 2 is 1.61 bits per heavy atom. The normalized spacial score (nSPS) is 13.3. The van der Waals surface area contributed by atoms with E-state index in [4.69, 9.17) is 0 Å². The van der Waals surface area contributed by atoms with Gasteiger partial charge in [0.1, 0.15) is 5.69 Å². The van der Waals surface area contributed by atoms with Crippen molar-refractivity contribution in [1.82, 2.24) is 20.1 Å². The molecule has 0 unspecified atom stereocenters. The number of rotatable bonds is 4. The van der Waals surface area contributed by atoms with Crippen molar-refractivity contribution in [3.63, 3.8) is 0 Å². The summed E-state index contributed by atoms with van der Waals surface area (Å²) < 4.78 is 0. The van der Waals surface area contributed by atoms with Gasteiger partial charge in [-0.1, -0.05) is 66.7 Å². The Morgan fingerprint density at radius 3 is 2.42 bits per heavy atom. The van der Waals surface area contributed by atoms with Gasteiger partial charge in [0.25, 0.3) is 11.8 Å². The Morgan fingerprint density at radius 1 is 0.848 bits per heavy atom. The largest absolute Gasteiger partial charge is 0.274 e. The number of carbonyl (C=O) groups excluding carboxylic acids is 2. The molecule has 33 heavy (non-hydrogen) atoms. The van der Waals surface area contributed by atoms with Crippen LogP contribution in [-0.4, -0.2) is 38.4 Å². The molecule has 0 atom stereocenters. The Kier molecular flexibility index (Phi) is 4.33. The van der Waals surface area contributed by atoms with E-state index in [2.05, 4.69) is 28.2 Å². The van der Waals surface area contributed by atoms with Crippen LogP contribution in [0.15, 0.2) is 72.9 Å². The summed E-state index contributed by atoms with van der Waals surface area (Å²) in [7, 11) is 0. The number of H-pyrrole nitrogens is 1. The molecule has 3 heterocycles. The molecule has 6 heteroatoms. The Hall–Kier alpha value is -4.32. The first-order valence-corrected chi connectivity index (χ1v) is 10.9. The molecule has 0 saturated heterocycles. The monoisotopic (exact) mass is 432 g/mol. The molecule has 1 N–H and O–H groups in total. The van der Waals surface area contributed by atoms with Crippen molar-refractivity contribution >= 4 is 33.6 Å². The average Bonchev–Trinajstić information content (AvgIpc) is 3.38. The number of hydrogen-bond donors (Lipinski definition) is 1. The molecule has 2 aromatic heterocycles. The molecule has 1 aliphatic heterocycles. The van der Waals surface area contributed by atoms with Gasteiger partial charge >= 0.3 is 0 Å². The zero-order valence-electron chi connectivity index (χ0n) is 18.0. The molecule has 5 aromatic rings. The van der Waals surface area contributed by atoms with E-state index in [9.17, 15) is 9.59 Å². The number of amides is 2. The van der Waals surface area contributed by atoms with Crippen LogP contribution in [0.5, 0.6) is 0 Å². The highest BCUT2D eigenvalue weighted by molar-refractivity contribution is 6.27. The quantitative estimate of drug-likeness (QED) is 0.409. The Labute approximate surface area is 189 Å². The minimum Gasteiger partial charge on any atom is -0.274 e. The first kappa shape index (κ1) is 19.4. The zero-order chi connectivity index (χ0) is 22.5. The van der Waals surface area contributed by atoms with Gasteiger partial charge in [-0.15, -0.1) is 0 Å². The number of aromatic nitrogens is 3. The number of nitrogens with one attached hydrogen (secondary N) is 1. The number of benzene rings is 3. The molecule has 0 fully saturated rings. The van der Waals surface area contributed by atoms with Crippen molar-refractivity contribution in [1.29, 1.82) is 0 Å². The second kappa shape index (κ2) is 7.38. The van der Waals surface area contributed by atoms with Gasteiger partial charge in [0.15, 0.2) is 5.65 Å². The van der Waals surface area contributed by atoms with Crippen LogP contribution in [0, 0.1) is 6.92 Å². The predicted octanol–water partition coefficient (Wildman–Crippen LogP) is 4.93. The van der Waals surface area contributed by atoms with Gasteiger partial charge in [0, 0.05) is 18.3 Å². The highest BCUT2D eigenvalue weighted by atomic mass is 16.2. The van der Waals surface area contributed by atoms with E-state index in [1.807, 2.05) is 60.7 Å². The Balaban J connectivity index is 1.48. The second-order valence-electron chi connectivity index (χ2n) is 8.32. The third kappa shape index (κ3) is 2.95. The fourth-order valence-corrected chi connectivity index (χ4v) is 4.69. The molecule has 2 amide bonds. The summed E-state index contributed by atoms with van der Waals surface area (Å²) in [4.78, 5) is 32.3. The second-order valence-corrected chi connectivity index (χ2v) is 8.32. The van der Waals surface area contributed by atoms with Crippen LogP contribution >= 0.6 is 0 Å². The van der Waals surface area contributed by atoms with E-state index in [1.54, 1.807) is 0 Å². The van der Waals surface area contributed by atoms with Crippen molar-refractivity contribution in [3.8, 4) is 11.3 Å². The number of aromatic amines is 1. The molecular formula is C27H20N4O2. The van der Waals surface area contributed by atoms with Crippen LogP contribution in [0.2, 0.25) is 0 Å². The van der Waals surface area contributed by atoms with Crippen molar-refractivity contribution in [3.05, 3.63) is 95.2 Å². The van der Waals surface area contributed by atoms with Gasteiger partial charge in [0.2, 0.25) is 0 Å². The minimum atomic E-state index is -0.304. The first-order valence-electron chi connectivity index (χ1n) is 10.9. The first-order chi connectivity index (χ1) is 16.1. The minimum absolute atomic E-state index is 0.294. The van der Waals surface area contributed by atoms with E-state index >= 15 is 0 Å². The number of pyridine rings is 1. The molecule has 0 radical (unpaired) electrons. The number of nitrogens with zero attached hydrogens (tertiary/aromatic N) is 3. The predicted molar refractivity (Wildman–Crippen MR) is 127 cm³/mol. The van der Waals surface area contributed by atoms with Gasteiger partial charge in [0.05, 0.1) is 16.5 Å². The lowest BCUT2D eigenvalue weighted by molar-refractivity contribution is 0.0656. The lowest BCUT2D eigenvalue weighted by atomic mass is 9.96. The highest BCUT2D eigenvalue weighted by Gasteiger charge is 2.38. The lowest BCUT2D eigenvalue weighted by Crippen LogP contribution is -2.31. The number of imide groups is 1. The topological polar surface area (TPSA) is 79.0 Å². The standard InChI is InChI=1S/C27H20N4O2/c1-16-11-12-20(19-10-6-5-9-18(16)19)24-23-22-21(15-28-25(23)30-29-24)26(32)31(27(22)33)14-13-17-7-3-2-4-8-17/h2-12,15H,13-14H2,1H3,(H,28,29,30). The molecule has 0 aliphatic carbocycles. The maximum Gasteiger partial charge on any atom is 0.263 e. The smallest absolute Gasteiger partial charge is 0.263 e. The number of aryl methyl sites for hydroxylation is 1. The molecule has 0 spiro atoms. The molecule has 6 nitrogen and oxygen atoms in total. The van der Waals surface area contributed by atoms with Gasteiger partial charge < -0.3 is 0 Å². The number of carbonyl (C=O) groups is 2. The summed E-state index contributed by atoms with van der Waals surface area (Å²) in [5.41, 5.74) is 4.99. The van der Waals surface area contributed by atoms with Crippen LogP contribution in [0.3, 0.4) is 0 Å². The van der Waals surface area contributed by atoms with Crippen molar-refractivity contribution in [2.45, 2.75) is 13.3 Å². The lowest BCUT2D eigenvalue weighted by Gasteiger charge is -2.13. The molecular weight excluding hydrogens is 412 g/mol. The molecule has 160 valence electrons. The van der Waals surface area contributed by atoms with E-state index in [0.717, 1.165) is 27.5 Å². The molecule has 0 bridgehead atoms. The van der Waals surface area contributed by atoms with Crippen LogP contribution in [0.25, 0.3) is 33.1 Å². The fraction of sp³-hybridized carbons (Fsp3) is 0.111. The van der Waals surface area contributed by atoms with Gasteiger partial charge in [-0.3, -0.25) is 19.6 Å². The summed E-state index contributed by atoms with van der Waals surface area (Å²) in [6.07, 6.45) is 2.08. The summed E-state index contributed by atoms with van der Waals surface area (Å²) in [5.74, 6) is -0.598. The summed E-state index contributed by atoms with van der Waals surface area (Å²) >= 11 is 0. The van der Waals surface area contributed by atoms with E-state index < -0.39 is 0 Å². The maximum atomic E-state index is 13.5. The molecule has 0 saturated carbocycles. The maximum absolute atomic E-state index is 13.5. The molecule has 1 aliphatic rings. The summed E-state index contributed by atoms with van der Waals surface area (Å²) in [6.45, 7) is 2.39. The van der Waals surface area contributed by atoms with E-state index in [0.29, 0.717) is 40.8 Å². The van der Waals surface area contributed by atoms with Gasteiger partial charge in [-0.2, -0.15) is 5.10 Å². The molecule has 6 rings (SSSR count). The zero-order valence-corrected chi connectivity index (χ0v) is 18.0. The third-order valence-electron chi connectivity index (χ3n) is 6.39. The van der Waals surface area contributed by atoms with Crippen molar-refractivity contribution in [2.75, 3.05) is 6.54 Å².